The van der Waals surface area contributed by atoms with Gasteiger partial charge in [-0.2, -0.15) is 0 Å². The summed E-state index contributed by atoms with van der Waals surface area (Å²) in [5, 5.41) is 0.259. The van der Waals surface area contributed by atoms with E-state index in [0.717, 1.165) is 0 Å². The Balaban J connectivity index is 2.79. The van der Waals surface area contributed by atoms with Crippen LogP contribution in [0.15, 0.2) is 12.4 Å². The molecule has 1 aromatic rings. The first-order valence-corrected chi connectivity index (χ1v) is 6.16. The highest BCUT2D eigenvalue weighted by Crippen LogP contribution is 2.10. The van der Waals surface area contributed by atoms with Gasteiger partial charge in [0.15, 0.2) is 0 Å². The van der Waals surface area contributed by atoms with Crippen molar-refractivity contribution in [2.24, 2.45) is 0 Å². The monoisotopic (exact) mass is 234 g/mol. The summed E-state index contributed by atoms with van der Waals surface area (Å²) < 4.78 is 21.5. The van der Waals surface area contributed by atoms with Gasteiger partial charge in [0, 0.05) is 11.8 Å². The van der Waals surface area contributed by atoms with Crippen LogP contribution in [0.2, 0.25) is 5.15 Å². The summed E-state index contributed by atoms with van der Waals surface area (Å²) in [4.78, 5) is 7.48. The minimum absolute atomic E-state index is 0.259. The van der Waals surface area contributed by atoms with Crippen LogP contribution in [0.3, 0.4) is 0 Å². The highest BCUT2D eigenvalue weighted by molar-refractivity contribution is 7.93. The predicted octanol–water partition coefficient (Wildman–Crippen LogP) is 1.91. The number of nitrogens with zero attached hydrogens (tertiary/aromatic N) is 2. The van der Waals surface area contributed by atoms with E-state index in [9.17, 15) is 4.21 Å². The molecule has 1 rings (SSSR count). The first-order chi connectivity index (χ1) is 6.53. The second-order valence-corrected chi connectivity index (χ2v) is 5.06. The number of rotatable bonds is 4. The molecular weight excluding hydrogens is 224 g/mol. The predicted molar refractivity (Wildman–Crippen MR) is 56.7 cm³/mol. The number of hydrogen-bond donors (Lipinski definition) is 2. The van der Waals surface area contributed by atoms with E-state index in [0.29, 0.717) is 12.2 Å². The van der Waals surface area contributed by atoms with Crippen LogP contribution in [0.1, 0.15) is 13.3 Å². The largest absolute Gasteiger partial charge is 0.283 e. The Labute approximate surface area is 88.0 Å². The molecule has 0 fully saturated rings. The Morgan fingerprint density at radius 3 is 2.93 bits per heavy atom. The molecule has 0 aliphatic carbocycles. The summed E-state index contributed by atoms with van der Waals surface area (Å²) in [7, 11) is -2.80. The smallest absolute Gasteiger partial charge is 0.143 e. The van der Waals surface area contributed by atoms with Gasteiger partial charge in [-0.1, -0.05) is 18.5 Å². The van der Waals surface area contributed by atoms with E-state index in [1.807, 2.05) is 6.92 Å². The molecule has 0 aromatic carbocycles. The fraction of sp³-hybridized carbons (Fsp3) is 0.429. The van der Waals surface area contributed by atoms with Crippen molar-refractivity contribution in [1.82, 2.24) is 9.97 Å². The maximum atomic E-state index is 11.5. The molecule has 0 amide bonds. The van der Waals surface area contributed by atoms with Gasteiger partial charge in [0.1, 0.15) is 27.2 Å². The second kappa shape index (κ2) is 4.56. The second-order valence-electron chi connectivity index (χ2n) is 2.71. The molecule has 1 aromatic heterocycles. The van der Waals surface area contributed by atoms with Crippen molar-refractivity contribution in [3.05, 3.63) is 17.5 Å². The Morgan fingerprint density at radius 2 is 2.36 bits per heavy atom. The minimum Gasteiger partial charge on any atom is -0.283 e. The van der Waals surface area contributed by atoms with Crippen LogP contribution < -0.4 is 4.72 Å². The molecule has 7 heteroatoms. The topological polar surface area (TPSA) is 78.7 Å². The van der Waals surface area contributed by atoms with Crippen LogP contribution in [0.5, 0.6) is 0 Å². The summed E-state index contributed by atoms with van der Waals surface area (Å²) in [6, 6.07) is 1.44. The van der Waals surface area contributed by atoms with Crippen LogP contribution in [0.25, 0.3) is 0 Å². The van der Waals surface area contributed by atoms with Crippen molar-refractivity contribution in [3.8, 4) is 0 Å². The number of aromatic nitrogens is 2. The standard InChI is InChI=1S/C7H11ClN4OS/c1-2-3-14(9,13)12-7-4-6(8)10-5-11-7/h4-5H,2-3H2,1H3,(H2,9,10,11,12,13). The highest BCUT2D eigenvalue weighted by atomic mass is 35.5. The molecule has 0 saturated heterocycles. The minimum atomic E-state index is -2.80. The van der Waals surface area contributed by atoms with Crippen molar-refractivity contribution >= 4 is 27.3 Å². The van der Waals surface area contributed by atoms with Gasteiger partial charge in [-0.15, -0.1) is 0 Å². The van der Waals surface area contributed by atoms with Gasteiger partial charge in [-0.05, 0) is 6.42 Å². The fourth-order valence-electron chi connectivity index (χ4n) is 0.897. The van der Waals surface area contributed by atoms with E-state index in [-0.39, 0.29) is 10.9 Å². The molecule has 0 radical (unpaired) electrons. The van der Waals surface area contributed by atoms with E-state index < -0.39 is 9.92 Å². The first-order valence-electron chi connectivity index (χ1n) is 4.05. The van der Waals surface area contributed by atoms with Gasteiger partial charge in [-0.3, -0.25) is 4.72 Å². The van der Waals surface area contributed by atoms with Gasteiger partial charge in [0.05, 0.1) is 0 Å². The van der Waals surface area contributed by atoms with Gasteiger partial charge >= 0.3 is 0 Å². The van der Waals surface area contributed by atoms with Crippen molar-refractivity contribution in [3.63, 3.8) is 0 Å². The zero-order chi connectivity index (χ0) is 10.6. The van der Waals surface area contributed by atoms with Gasteiger partial charge in [0.2, 0.25) is 0 Å². The molecule has 0 saturated carbocycles. The molecule has 2 N–H and O–H groups in total. The van der Waals surface area contributed by atoms with Crippen molar-refractivity contribution in [2.45, 2.75) is 13.3 Å². The van der Waals surface area contributed by atoms with Crippen LogP contribution in [-0.2, 0) is 9.92 Å². The van der Waals surface area contributed by atoms with Crippen molar-refractivity contribution in [2.75, 3.05) is 10.5 Å². The lowest BCUT2D eigenvalue weighted by Gasteiger charge is -2.08. The molecule has 14 heavy (non-hydrogen) atoms. The number of hydrogen-bond acceptors (Lipinski definition) is 4. The number of anilines is 1. The third-order valence-electron chi connectivity index (χ3n) is 1.39. The van der Waals surface area contributed by atoms with E-state index in [1.54, 1.807) is 0 Å². The summed E-state index contributed by atoms with van der Waals surface area (Å²) in [6.45, 7) is 1.86. The summed E-state index contributed by atoms with van der Waals surface area (Å²) in [6.07, 6.45) is 1.93. The molecule has 1 unspecified atom stereocenters. The third-order valence-corrected chi connectivity index (χ3v) is 3.12. The van der Waals surface area contributed by atoms with Gasteiger partial charge < -0.3 is 0 Å². The summed E-state index contributed by atoms with van der Waals surface area (Å²) in [5.74, 6) is 0.604. The maximum Gasteiger partial charge on any atom is 0.143 e. The first kappa shape index (κ1) is 11.2. The molecule has 0 aliphatic heterocycles. The van der Waals surface area contributed by atoms with Crippen molar-refractivity contribution < 1.29 is 4.21 Å². The van der Waals surface area contributed by atoms with Crippen molar-refractivity contribution in [1.29, 1.82) is 4.78 Å². The van der Waals surface area contributed by atoms with Crippen LogP contribution in [0.4, 0.5) is 5.82 Å². The van der Waals surface area contributed by atoms with Crippen LogP contribution in [0, 0.1) is 4.78 Å². The summed E-state index contributed by atoms with van der Waals surface area (Å²) in [5.41, 5.74) is 0. The SMILES string of the molecule is CCCS(=N)(=O)Nc1cc(Cl)ncn1. The lowest BCUT2D eigenvalue weighted by molar-refractivity contribution is 0.677. The summed E-state index contributed by atoms with van der Waals surface area (Å²) >= 11 is 5.61. The Hall–Kier alpha value is -0.880. The lowest BCUT2D eigenvalue weighted by Crippen LogP contribution is -2.15. The zero-order valence-corrected chi connectivity index (χ0v) is 9.23. The van der Waals surface area contributed by atoms with Gasteiger partial charge in [0.25, 0.3) is 0 Å². The van der Waals surface area contributed by atoms with E-state index in [4.69, 9.17) is 16.4 Å². The number of nitrogens with one attached hydrogen (secondary N) is 2. The molecule has 1 heterocycles. The Morgan fingerprint density at radius 1 is 1.64 bits per heavy atom. The Bertz CT molecular complexity index is 406. The molecule has 78 valence electrons. The molecule has 0 aliphatic rings. The van der Waals surface area contributed by atoms with Crippen LogP contribution in [-0.4, -0.2) is 19.9 Å². The van der Waals surface area contributed by atoms with Gasteiger partial charge in [-0.25, -0.2) is 19.0 Å². The molecule has 0 spiro atoms. The molecule has 1 atom stereocenters. The maximum absolute atomic E-state index is 11.5. The van der Waals surface area contributed by atoms with E-state index >= 15 is 0 Å². The van der Waals surface area contributed by atoms with E-state index in [2.05, 4.69) is 14.7 Å². The van der Waals surface area contributed by atoms with Crippen LogP contribution >= 0.6 is 11.6 Å². The molecule has 5 nitrogen and oxygen atoms in total. The normalized spacial score (nSPS) is 14.7. The average molecular weight is 235 g/mol. The molecule has 0 bridgehead atoms. The average Bonchev–Trinajstić information content (AvgIpc) is 2.02. The third kappa shape index (κ3) is 3.47. The molecular formula is C7H11ClN4OS. The lowest BCUT2D eigenvalue weighted by atomic mass is 10.6. The number of halogens is 1. The fourth-order valence-corrected chi connectivity index (χ4v) is 2.17. The zero-order valence-electron chi connectivity index (χ0n) is 7.66. The van der Waals surface area contributed by atoms with E-state index in [1.165, 1.54) is 12.4 Å². The quantitative estimate of drug-likeness (QED) is 0.782. The highest BCUT2D eigenvalue weighted by Gasteiger charge is 2.05. The Kier molecular flexibility index (Phi) is 3.65.